The molecule has 3 rings (SSSR count). The second-order valence-corrected chi connectivity index (χ2v) is 5.01. The van der Waals surface area contributed by atoms with Gasteiger partial charge in [-0.25, -0.2) is 4.98 Å². The summed E-state index contributed by atoms with van der Waals surface area (Å²) in [6.07, 6.45) is 0.585. The Kier molecular flexibility index (Phi) is 3.44. The number of fused-ring (bicyclic) bond motifs is 1. The summed E-state index contributed by atoms with van der Waals surface area (Å²) < 4.78 is 5.29. The molecular formula is C17H16N2O2. The number of methoxy groups -OCH3 is 1. The van der Waals surface area contributed by atoms with Gasteiger partial charge in [-0.15, -0.1) is 0 Å². The van der Waals surface area contributed by atoms with Crippen LogP contribution in [0.15, 0.2) is 47.3 Å². The zero-order valence-corrected chi connectivity index (χ0v) is 12.0. The second kappa shape index (κ2) is 5.40. The van der Waals surface area contributed by atoms with Crippen LogP contribution < -0.4 is 10.3 Å². The fraction of sp³-hybridized carbons (Fsp3) is 0.176. The van der Waals surface area contributed by atoms with Gasteiger partial charge in [0.05, 0.1) is 7.11 Å². The van der Waals surface area contributed by atoms with E-state index in [1.165, 1.54) is 6.07 Å². The summed E-state index contributed by atoms with van der Waals surface area (Å²) in [4.78, 5) is 18.7. The quantitative estimate of drug-likeness (QED) is 0.802. The maximum atomic E-state index is 11.5. The molecular weight excluding hydrogens is 264 g/mol. The Morgan fingerprint density at radius 1 is 1.19 bits per heavy atom. The van der Waals surface area contributed by atoms with Crippen molar-refractivity contribution >= 4 is 10.8 Å². The van der Waals surface area contributed by atoms with Gasteiger partial charge < -0.3 is 9.72 Å². The molecule has 2 aromatic carbocycles. The summed E-state index contributed by atoms with van der Waals surface area (Å²) in [5, 5.41) is 2.25. The highest BCUT2D eigenvalue weighted by Crippen LogP contribution is 2.25. The molecule has 0 spiro atoms. The fourth-order valence-electron chi connectivity index (χ4n) is 2.50. The summed E-state index contributed by atoms with van der Waals surface area (Å²) in [6, 6.07) is 13.6. The van der Waals surface area contributed by atoms with E-state index in [1.54, 1.807) is 7.11 Å². The van der Waals surface area contributed by atoms with Gasteiger partial charge in [-0.3, -0.25) is 4.79 Å². The lowest BCUT2D eigenvalue weighted by atomic mass is 10.0. The Labute approximate surface area is 122 Å². The molecule has 0 radical (unpaired) electrons. The molecule has 21 heavy (non-hydrogen) atoms. The number of nitrogens with one attached hydrogen (secondary N) is 1. The summed E-state index contributed by atoms with van der Waals surface area (Å²) in [5.41, 5.74) is 1.72. The van der Waals surface area contributed by atoms with Crippen LogP contribution in [0.25, 0.3) is 10.8 Å². The molecule has 0 aliphatic rings. The van der Waals surface area contributed by atoms with E-state index in [0.717, 1.165) is 27.8 Å². The van der Waals surface area contributed by atoms with E-state index >= 15 is 0 Å². The Morgan fingerprint density at radius 2 is 2.05 bits per heavy atom. The monoisotopic (exact) mass is 280 g/mol. The van der Waals surface area contributed by atoms with E-state index in [2.05, 4.69) is 16.0 Å². The van der Waals surface area contributed by atoms with Crippen molar-refractivity contribution in [2.45, 2.75) is 13.3 Å². The molecule has 1 N–H and O–H groups in total. The molecule has 0 atom stereocenters. The first kappa shape index (κ1) is 13.4. The van der Waals surface area contributed by atoms with E-state index < -0.39 is 0 Å². The first-order valence-corrected chi connectivity index (χ1v) is 6.78. The molecule has 0 unspecified atom stereocenters. The van der Waals surface area contributed by atoms with Gasteiger partial charge >= 0.3 is 0 Å². The maximum Gasteiger partial charge on any atom is 0.251 e. The van der Waals surface area contributed by atoms with Crippen molar-refractivity contribution in [2.75, 3.05) is 7.11 Å². The summed E-state index contributed by atoms with van der Waals surface area (Å²) in [6.45, 7) is 1.82. The topological polar surface area (TPSA) is 55.0 Å². The lowest BCUT2D eigenvalue weighted by Gasteiger charge is -2.08. The van der Waals surface area contributed by atoms with Gasteiger partial charge in [0.15, 0.2) is 0 Å². The van der Waals surface area contributed by atoms with Gasteiger partial charge in [-0.1, -0.05) is 24.3 Å². The van der Waals surface area contributed by atoms with E-state index in [9.17, 15) is 4.79 Å². The highest BCUT2D eigenvalue weighted by molar-refractivity contribution is 5.87. The number of rotatable bonds is 3. The number of hydrogen-bond donors (Lipinski definition) is 1. The third-order valence-corrected chi connectivity index (χ3v) is 3.46. The van der Waals surface area contributed by atoms with Crippen LogP contribution in [0.5, 0.6) is 5.75 Å². The van der Waals surface area contributed by atoms with Crippen molar-refractivity contribution in [3.05, 3.63) is 69.9 Å². The zero-order chi connectivity index (χ0) is 14.8. The van der Waals surface area contributed by atoms with E-state index in [1.807, 2.05) is 37.3 Å². The lowest BCUT2D eigenvalue weighted by Crippen LogP contribution is -2.11. The van der Waals surface area contributed by atoms with E-state index in [-0.39, 0.29) is 5.56 Å². The summed E-state index contributed by atoms with van der Waals surface area (Å²) in [7, 11) is 1.66. The van der Waals surface area contributed by atoms with E-state index in [4.69, 9.17) is 4.74 Å². The number of nitrogens with zero attached hydrogens (tertiary/aromatic N) is 1. The minimum Gasteiger partial charge on any atom is -0.497 e. The number of ether oxygens (including phenoxy) is 1. The van der Waals surface area contributed by atoms with Crippen LogP contribution in [0.3, 0.4) is 0 Å². The number of benzene rings is 2. The van der Waals surface area contributed by atoms with Gasteiger partial charge in [0.2, 0.25) is 0 Å². The third-order valence-electron chi connectivity index (χ3n) is 3.46. The Bertz CT molecular complexity index is 853. The van der Waals surface area contributed by atoms with Crippen molar-refractivity contribution in [1.29, 1.82) is 0 Å². The number of hydrogen-bond acceptors (Lipinski definition) is 3. The zero-order valence-electron chi connectivity index (χ0n) is 12.0. The SMILES string of the molecule is COc1ccc2cccc(Cc3nc(C)cc(=O)[nH]3)c2c1. The summed E-state index contributed by atoms with van der Waals surface area (Å²) >= 11 is 0. The molecule has 1 heterocycles. The van der Waals surface area contributed by atoms with Crippen LogP contribution in [0.1, 0.15) is 17.1 Å². The van der Waals surface area contributed by atoms with Crippen molar-refractivity contribution in [3.63, 3.8) is 0 Å². The normalized spacial score (nSPS) is 10.8. The molecule has 1 aromatic heterocycles. The highest BCUT2D eigenvalue weighted by atomic mass is 16.5. The van der Waals surface area contributed by atoms with Gasteiger partial charge in [0, 0.05) is 18.2 Å². The predicted octanol–water partition coefficient (Wildman–Crippen LogP) is 2.83. The minimum absolute atomic E-state index is 0.115. The lowest BCUT2D eigenvalue weighted by molar-refractivity contribution is 0.415. The first-order chi connectivity index (χ1) is 10.2. The molecule has 4 heteroatoms. The Morgan fingerprint density at radius 3 is 2.81 bits per heavy atom. The van der Waals surface area contributed by atoms with Crippen LogP contribution in [-0.2, 0) is 6.42 Å². The smallest absolute Gasteiger partial charge is 0.251 e. The van der Waals surface area contributed by atoms with Gasteiger partial charge in [0.1, 0.15) is 11.6 Å². The molecule has 106 valence electrons. The molecule has 3 aromatic rings. The maximum absolute atomic E-state index is 11.5. The third kappa shape index (κ3) is 2.79. The Hall–Kier alpha value is -2.62. The number of H-pyrrole nitrogens is 1. The average molecular weight is 280 g/mol. The molecule has 0 aliphatic carbocycles. The fourth-order valence-corrected chi connectivity index (χ4v) is 2.50. The largest absolute Gasteiger partial charge is 0.497 e. The van der Waals surface area contributed by atoms with Gasteiger partial charge in [-0.2, -0.15) is 0 Å². The van der Waals surface area contributed by atoms with Gasteiger partial charge in [-0.05, 0) is 35.4 Å². The summed E-state index contributed by atoms with van der Waals surface area (Å²) in [5.74, 6) is 1.50. The van der Waals surface area contributed by atoms with Crippen molar-refractivity contribution < 1.29 is 4.74 Å². The average Bonchev–Trinajstić information content (AvgIpc) is 2.46. The van der Waals surface area contributed by atoms with Gasteiger partial charge in [0.25, 0.3) is 5.56 Å². The number of aryl methyl sites for hydroxylation is 1. The molecule has 0 bridgehead atoms. The minimum atomic E-state index is -0.115. The second-order valence-electron chi connectivity index (χ2n) is 5.01. The van der Waals surface area contributed by atoms with Crippen molar-refractivity contribution in [1.82, 2.24) is 9.97 Å². The van der Waals surface area contributed by atoms with E-state index in [0.29, 0.717) is 12.2 Å². The van der Waals surface area contributed by atoms with Crippen LogP contribution >= 0.6 is 0 Å². The molecule has 4 nitrogen and oxygen atoms in total. The predicted molar refractivity (Wildman–Crippen MR) is 82.9 cm³/mol. The molecule has 0 saturated carbocycles. The molecule has 0 aliphatic heterocycles. The van der Waals surface area contributed by atoms with Crippen LogP contribution in [0, 0.1) is 6.92 Å². The van der Waals surface area contributed by atoms with Crippen LogP contribution in [-0.4, -0.2) is 17.1 Å². The molecule has 0 saturated heterocycles. The van der Waals surface area contributed by atoms with Crippen LogP contribution in [0.2, 0.25) is 0 Å². The molecule has 0 amide bonds. The highest BCUT2D eigenvalue weighted by Gasteiger charge is 2.06. The van der Waals surface area contributed by atoms with Crippen LogP contribution in [0.4, 0.5) is 0 Å². The number of aromatic amines is 1. The van der Waals surface area contributed by atoms with Crippen molar-refractivity contribution in [3.8, 4) is 5.75 Å². The Balaban J connectivity index is 2.09. The number of aromatic nitrogens is 2. The standard InChI is InChI=1S/C17H16N2O2/c1-11-8-17(20)19-16(18-11)9-13-5-3-4-12-6-7-14(21-2)10-15(12)13/h3-8,10H,9H2,1-2H3,(H,18,19,20). The van der Waals surface area contributed by atoms with Crippen molar-refractivity contribution in [2.24, 2.45) is 0 Å². The molecule has 0 fully saturated rings. The first-order valence-electron chi connectivity index (χ1n) is 6.78.